The number of phosphoric acid groups is 1. The summed E-state index contributed by atoms with van der Waals surface area (Å²) in [4.78, 5) is 22.5. The van der Waals surface area contributed by atoms with Crippen LogP contribution in [0.5, 0.6) is 0 Å². The van der Waals surface area contributed by atoms with Crippen LogP contribution in [0, 0.1) is 5.92 Å². The molecule has 0 aliphatic rings. The average molecular weight is 553 g/mol. The van der Waals surface area contributed by atoms with Gasteiger partial charge in [-0.1, -0.05) is 104 Å². The lowest BCUT2D eigenvalue weighted by Gasteiger charge is -2.26. The molecule has 0 aromatic carbocycles. The Morgan fingerprint density at radius 3 is 1.84 bits per heavy atom. The summed E-state index contributed by atoms with van der Waals surface area (Å²) >= 11 is 0. The van der Waals surface area contributed by atoms with Gasteiger partial charge < -0.3 is 19.6 Å². The van der Waals surface area contributed by atoms with Gasteiger partial charge in [-0.2, -0.15) is 0 Å². The van der Waals surface area contributed by atoms with Crippen LogP contribution in [0.25, 0.3) is 0 Å². The van der Waals surface area contributed by atoms with Gasteiger partial charge in [0.15, 0.2) is 11.9 Å². The number of carbonyl (C=O) groups excluding carboxylic acids is 1. The Hall–Kier alpha value is -0.340. The monoisotopic (exact) mass is 552 g/mol. The Balaban J connectivity index is 4.04. The van der Waals surface area contributed by atoms with Gasteiger partial charge in [-0.3, -0.25) is 13.8 Å². The minimum Gasteiger partial charge on any atom is -0.394 e. The number of rotatable bonds is 26. The molecule has 3 unspecified atom stereocenters. The summed E-state index contributed by atoms with van der Waals surface area (Å²) in [5, 5.41) is 19.2. The van der Waals surface area contributed by atoms with Crippen molar-refractivity contribution in [3.63, 3.8) is 0 Å². The topological polar surface area (TPSA) is 113 Å². The van der Waals surface area contributed by atoms with Crippen LogP contribution >= 0.6 is 7.82 Å². The lowest BCUT2D eigenvalue weighted by molar-refractivity contribution is -0.870. The molecule has 0 bridgehead atoms. The molecule has 0 amide bonds. The van der Waals surface area contributed by atoms with E-state index in [1.807, 2.05) is 21.1 Å². The summed E-state index contributed by atoms with van der Waals surface area (Å²) in [5.74, 6) is 0.298. The van der Waals surface area contributed by atoms with E-state index in [4.69, 9.17) is 9.05 Å². The van der Waals surface area contributed by atoms with Crippen LogP contribution < -0.4 is 0 Å². The van der Waals surface area contributed by atoms with Crippen molar-refractivity contribution in [2.75, 3.05) is 40.9 Å². The number of quaternary nitrogens is 1. The smallest absolute Gasteiger partial charge is 0.394 e. The van der Waals surface area contributed by atoms with Crippen molar-refractivity contribution in [2.24, 2.45) is 5.92 Å². The first-order valence-corrected chi connectivity index (χ1v) is 16.2. The second kappa shape index (κ2) is 21.5. The molecule has 0 aromatic heterocycles. The largest absolute Gasteiger partial charge is 0.473 e. The van der Waals surface area contributed by atoms with Crippen molar-refractivity contribution in [1.29, 1.82) is 0 Å². The summed E-state index contributed by atoms with van der Waals surface area (Å²) < 4.78 is 22.7. The SMILES string of the molecule is CCCCCCCCCC(C)CCCCCCCCC(=O)C(OP(=O)(O)OCC[N+](C)(C)C)[C@@H](O)CO. The van der Waals surface area contributed by atoms with Gasteiger partial charge in [0.2, 0.25) is 0 Å². The van der Waals surface area contributed by atoms with E-state index in [-0.39, 0.29) is 13.0 Å². The van der Waals surface area contributed by atoms with Gasteiger partial charge in [0.1, 0.15) is 19.3 Å². The predicted octanol–water partition coefficient (Wildman–Crippen LogP) is 6.01. The number of phosphoric ester groups is 1. The Kier molecular flexibility index (Phi) is 21.3. The molecule has 37 heavy (non-hydrogen) atoms. The highest BCUT2D eigenvalue weighted by molar-refractivity contribution is 7.47. The molecule has 3 N–H and O–H groups in total. The first-order valence-electron chi connectivity index (χ1n) is 14.7. The van der Waals surface area contributed by atoms with Crippen LogP contribution in [0.2, 0.25) is 0 Å². The third-order valence-corrected chi connectivity index (χ3v) is 7.79. The van der Waals surface area contributed by atoms with Crippen LogP contribution in [-0.2, 0) is 18.4 Å². The molecular formula is C28H59NO7P+. The molecule has 0 aliphatic carbocycles. The third-order valence-electron chi connectivity index (χ3n) is 6.79. The molecule has 0 saturated carbocycles. The van der Waals surface area contributed by atoms with Gasteiger partial charge in [-0.05, 0) is 12.3 Å². The normalized spacial score (nSPS) is 16.3. The van der Waals surface area contributed by atoms with Gasteiger partial charge in [0, 0.05) is 6.42 Å². The molecule has 0 spiro atoms. The number of aliphatic hydroxyl groups is 2. The van der Waals surface area contributed by atoms with E-state index in [0.29, 0.717) is 17.4 Å². The number of hydrogen-bond acceptors (Lipinski definition) is 6. The number of aliphatic hydroxyl groups excluding tert-OH is 2. The summed E-state index contributed by atoms with van der Waals surface area (Å²) in [6.45, 7) is 4.30. The van der Waals surface area contributed by atoms with Crippen molar-refractivity contribution in [3.8, 4) is 0 Å². The number of nitrogens with zero attached hydrogens (tertiary/aromatic N) is 1. The number of ketones is 1. The second-order valence-electron chi connectivity index (χ2n) is 11.7. The maximum Gasteiger partial charge on any atom is 0.473 e. The van der Waals surface area contributed by atoms with Crippen LogP contribution in [0.15, 0.2) is 0 Å². The van der Waals surface area contributed by atoms with E-state index < -0.39 is 32.4 Å². The van der Waals surface area contributed by atoms with Crippen molar-refractivity contribution in [3.05, 3.63) is 0 Å². The van der Waals surface area contributed by atoms with Gasteiger partial charge in [-0.15, -0.1) is 0 Å². The average Bonchev–Trinajstić information content (AvgIpc) is 2.82. The lowest BCUT2D eigenvalue weighted by Crippen LogP contribution is -2.39. The Labute approximate surface area is 227 Å². The van der Waals surface area contributed by atoms with Gasteiger partial charge in [-0.25, -0.2) is 4.57 Å². The van der Waals surface area contributed by atoms with E-state index >= 15 is 0 Å². The maximum atomic E-state index is 12.6. The highest BCUT2D eigenvalue weighted by atomic mass is 31.2. The Morgan fingerprint density at radius 2 is 1.35 bits per heavy atom. The van der Waals surface area contributed by atoms with Crippen molar-refractivity contribution >= 4 is 13.6 Å². The van der Waals surface area contributed by atoms with E-state index in [0.717, 1.165) is 25.2 Å². The molecule has 222 valence electrons. The molecule has 8 nitrogen and oxygen atoms in total. The predicted molar refractivity (Wildman–Crippen MR) is 150 cm³/mol. The third kappa shape index (κ3) is 22.2. The number of carbonyl (C=O) groups is 1. The maximum absolute atomic E-state index is 12.6. The standard InChI is InChI=1S/C28H58NO7P/c1-6-7-8-9-10-13-16-19-25(2)20-17-14-11-12-15-18-21-26(31)28(27(32)24-30)36-37(33,34)35-23-22-29(3,4)5/h25,27-28,30,32H,6-24H2,1-5H3/p+1/t25?,27-,28?/m0/s1. The van der Waals surface area contributed by atoms with E-state index in [9.17, 15) is 24.5 Å². The fourth-order valence-electron chi connectivity index (χ4n) is 4.28. The highest BCUT2D eigenvalue weighted by Crippen LogP contribution is 2.45. The first kappa shape index (κ1) is 36.7. The van der Waals surface area contributed by atoms with Crippen LogP contribution in [0.1, 0.15) is 117 Å². The lowest BCUT2D eigenvalue weighted by atomic mass is 9.95. The van der Waals surface area contributed by atoms with Gasteiger partial charge >= 0.3 is 7.82 Å². The summed E-state index contributed by atoms with van der Waals surface area (Å²) in [5.41, 5.74) is 0. The van der Waals surface area contributed by atoms with Crippen molar-refractivity contribution in [1.82, 2.24) is 0 Å². The van der Waals surface area contributed by atoms with Gasteiger partial charge in [0.25, 0.3) is 0 Å². The minimum atomic E-state index is -4.54. The van der Waals surface area contributed by atoms with E-state index in [2.05, 4.69) is 13.8 Å². The Morgan fingerprint density at radius 1 is 0.865 bits per heavy atom. The summed E-state index contributed by atoms with van der Waals surface area (Å²) in [6, 6.07) is 0. The molecule has 0 radical (unpaired) electrons. The highest BCUT2D eigenvalue weighted by Gasteiger charge is 2.35. The molecule has 0 rings (SSSR count). The zero-order valence-electron chi connectivity index (χ0n) is 24.5. The number of unbranched alkanes of at least 4 members (excludes halogenated alkanes) is 11. The number of hydrogen-bond donors (Lipinski definition) is 3. The van der Waals surface area contributed by atoms with Crippen molar-refractivity contribution in [2.45, 2.75) is 129 Å². The molecule has 0 heterocycles. The molecule has 9 heteroatoms. The quantitative estimate of drug-likeness (QED) is 0.0684. The first-order chi connectivity index (χ1) is 17.4. The Bertz CT molecular complexity index is 612. The van der Waals surface area contributed by atoms with Crippen LogP contribution in [0.3, 0.4) is 0 Å². The van der Waals surface area contributed by atoms with E-state index in [1.165, 1.54) is 70.6 Å². The van der Waals surface area contributed by atoms with Gasteiger partial charge in [0.05, 0.1) is 27.7 Å². The fraction of sp³-hybridized carbons (Fsp3) is 0.964. The van der Waals surface area contributed by atoms with Crippen molar-refractivity contribution < 1.29 is 38.0 Å². The number of Topliss-reactive ketones (excluding diaryl/α,β-unsaturated/α-hetero) is 1. The van der Waals surface area contributed by atoms with Crippen LogP contribution in [0.4, 0.5) is 0 Å². The second-order valence-corrected chi connectivity index (χ2v) is 13.1. The van der Waals surface area contributed by atoms with E-state index in [1.54, 1.807) is 0 Å². The summed E-state index contributed by atoms with van der Waals surface area (Å²) in [6.07, 6.45) is 15.2. The fourth-order valence-corrected chi connectivity index (χ4v) is 5.20. The molecule has 0 aliphatic heterocycles. The number of likely N-dealkylation sites (N-methyl/N-ethyl adjacent to an activating group) is 1. The van der Waals surface area contributed by atoms with Crippen LogP contribution in [-0.4, -0.2) is 78.5 Å². The minimum absolute atomic E-state index is 0.0364. The molecular weight excluding hydrogens is 493 g/mol. The molecule has 0 fully saturated rings. The molecule has 0 saturated heterocycles. The molecule has 4 atom stereocenters. The molecule has 0 aromatic rings. The summed E-state index contributed by atoms with van der Waals surface area (Å²) in [7, 11) is 1.19. The zero-order chi connectivity index (χ0) is 28.2. The zero-order valence-corrected chi connectivity index (χ0v) is 25.4.